The van der Waals surface area contributed by atoms with E-state index >= 15 is 0 Å². The summed E-state index contributed by atoms with van der Waals surface area (Å²) in [6, 6.07) is -0.404. The van der Waals surface area contributed by atoms with Crippen LogP contribution in [-0.2, 0) is 19.1 Å². The second-order valence-corrected chi connectivity index (χ2v) is 4.20. The smallest absolute Gasteiger partial charge is 0.365 e. The van der Waals surface area contributed by atoms with Crippen LogP contribution in [0.1, 0.15) is 20.3 Å². The number of carbonyl (C=O) groups is 2. The highest BCUT2D eigenvalue weighted by Crippen LogP contribution is 2.26. The molecule has 0 spiro atoms. The Kier molecular flexibility index (Phi) is 4.29. The number of esters is 2. The van der Waals surface area contributed by atoms with E-state index in [1.165, 1.54) is 0 Å². The number of ether oxygens (including phenoxy) is 2. The molecule has 5 nitrogen and oxygen atoms in total. The first-order valence-electron chi connectivity index (χ1n) is 5.70. The molecule has 0 aromatic rings. The first-order chi connectivity index (χ1) is 7.53. The van der Waals surface area contributed by atoms with Gasteiger partial charge in [-0.1, -0.05) is 0 Å². The second-order valence-electron chi connectivity index (χ2n) is 4.20. The van der Waals surface area contributed by atoms with Crippen molar-refractivity contribution in [3.63, 3.8) is 0 Å². The summed E-state index contributed by atoms with van der Waals surface area (Å²) in [7, 11) is 1.96. The molecular formula is C11H20NO4+. The Morgan fingerprint density at radius 3 is 2.19 bits per heavy atom. The molecule has 1 heterocycles. The monoisotopic (exact) mass is 230 g/mol. The van der Waals surface area contributed by atoms with Crippen LogP contribution >= 0.6 is 0 Å². The summed E-state index contributed by atoms with van der Waals surface area (Å²) in [5.41, 5.74) is 0. The van der Waals surface area contributed by atoms with Crippen molar-refractivity contribution in [3.05, 3.63) is 0 Å². The number of rotatable bonds is 6. The Hall–Kier alpha value is -1.10. The number of quaternary nitrogens is 1. The fraction of sp³-hybridized carbons (Fsp3) is 0.818. The Morgan fingerprint density at radius 1 is 1.19 bits per heavy atom. The summed E-state index contributed by atoms with van der Waals surface area (Å²) in [6.45, 7) is 6.05. The van der Waals surface area contributed by atoms with Gasteiger partial charge < -0.3 is 14.0 Å². The molecule has 1 saturated heterocycles. The normalized spacial score (nSPS) is 18.7. The maximum atomic E-state index is 11.7. The molecule has 0 aromatic carbocycles. The van der Waals surface area contributed by atoms with Gasteiger partial charge >= 0.3 is 11.9 Å². The average Bonchev–Trinajstić information content (AvgIpc) is 2.95. The predicted octanol–water partition coefficient (Wildman–Crippen LogP) is 0.332. The summed E-state index contributed by atoms with van der Waals surface area (Å²) < 4.78 is 10.4. The zero-order valence-corrected chi connectivity index (χ0v) is 10.2. The molecule has 0 N–H and O–H groups in total. The minimum absolute atomic E-state index is 0.114. The van der Waals surface area contributed by atoms with E-state index in [2.05, 4.69) is 0 Å². The van der Waals surface area contributed by atoms with Gasteiger partial charge in [0.05, 0.1) is 20.3 Å². The van der Waals surface area contributed by atoms with Crippen LogP contribution in [-0.4, -0.2) is 55.8 Å². The highest BCUT2D eigenvalue weighted by Gasteiger charge is 2.50. The third-order valence-electron chi connectivity index (χ3n) is 2.91. The Balaban J connectivity index is 2.58. The molecule has 0 aliphatic carbocycles. The van der Waals surface area contributed by atoms with Gasteiger partial charge in [0, 0.05) is 0 Å². The molecule has 1 aliphatic heterocycles. The van der Waals surface area contributed by atoms with Crippen molar-refractivity contribution in [1.29, 1.82) is 0 Å². The van der Waals surface area contributed by atoms with Crippen LogP contribution in [0.2, 0.25) is 0 Å². The van der Waals surface area contributed by atoms with Gasteiger partial charge in [0.25, 0.3) is 0 Å². The van der Waals surface area contributed by atoms with Crippen molar-refractivity contribution >= 4 is 11.9 Å². The van der Waals surface area contributed by atoms with E-state index in [0.717, 1.165) is 13.1 Å². The minimum atomic E-state index is -0.404. The Bertz CT molecular complexity index is 273. The quantitative estimate of drug-likeness (QED) is 0.375. The molecule has 1 rings (SSSR count). The van der Waals surface area contributed by atoms with Crippen LogP contribution < -0.4 is 0 Å². The molecule has 1 atom stereocenters. The zero-order chi connectivity index (χ0) is 12.2. The zero-order valence-electron chi connectivity index (χ0n) is 10.2. The molecule has 1 unspecified atom stereocenters. The molecule has 0 amide bonds. The van der Waals surface area contributed by atoms with Gasteiger partial charge in [0.15, 0.2) is 6.04 Å². The molecule has 92 valence electrons. The van der Waals surface area contributed by atoms with Crippen LogP contribution in [0.4, 0.5) is 0 Å². The molecular weight excluding hydrogens is 210 g/mol. The lowest BCUT2D eigenvalue weighted by molar-refractivity contribution is -0.796. The van der Waals surface area contributed by atoms with Gasteiger partial charge in [-0.2, -0.15) is 0 Å². The van der Waals surface area contributed by atoms with E-state index in [9.17, 15) is 9.59 Å². The fourth-order valence-electron chi connectivity index (χ4n) is 1.64. The fourth-order valence-corrected chi connectivity index (χ4v) is 1.64. The highest BCUT2D eigenvalue weighted by atomic mass is 16.5. The lowest BCUT2D eigenvalue weighted by Crippen LogP contribution is -2.43. The summed E-state index contributed by atoms with van der Waals surface area (Å²) in [5, 5.41) is 0. The van der Waals surface area contributed by atoms with Gasteiger partial charge in [0.1, 0.15) is 19.5 Å². The SMILES string of the molecule is CCOC(=O)CC(C(=O)OCC)[N+]1(C)CC1. The van der Waals surface area contributed by atoms with Gasteiger partial charge in [-0.15, -0.1) is 0 Å². The van der Waals surface area contributed by atoms with E-state index in [1.54, 1.807) is 13.8 Å². The molecule has 1 aliphatic rings. The Morgan fingerprint density at radius 2 is 1.75 bits per heavy atom. The standard InChI is InChI=1S/C11H20NO4/c1-4-15-10(13)8-9(11(14)16-5-2)12(3)6-7-12/h9H,4-8H2,1-3H3/q+1. The van der Waals surface area contributed by atoms with E-state index in [4.69, 9.17) is 9.47 Å². The van der Waals surface area contributed by atoms with Crippen molar-refractivity contribution < 1.29 is 23.5 Å². The van der Waals surface area contributed by atoms with Crippen LogP contribution in [0.3, 0.4) is 0 Å². The summed E-state index contributed by atoms with van der Waals surface area (Å²) in [4.78, 5) is 23.1. The molecule has 16 heavy (non-hydrogen) atoms. The van der Waals surface area contributed by atoms with Gasteiger partial charge in [-0.3, -0.25) is 4.79 Å². The third kappa shape index (κ3) is 3.20. The number of hydrogen-bond donors (Lipinski definition) is 0. The maximum absolute atomic E-state index is 11.7. The summed E-state index contributed by atoms with van der Waals surface area (Å²) in [6.07, 6.45) is 0.114. The van der Waals surface area contributed by atoms with Gasteiger partial charge in [-0.05, 0) is 13.8 Å². The molecule has 1 fully saturated rings. The predicted molar refractivity (Wildman–Crippen MR) is 57.6 cm³/mol. The van der Waals surface area contributed by atoms with E-state index < -0.39 is 6.04 Å². The van der Waals surface area contributed by atoms with Crippen molar-refractivity contribution in [2.75, 3.05) is 33.4 Å². The van der Waals surface area contributed by atoms with Crippen molar-refractivity contribution in [2.45, 2.75) is 26.3 Å². The molecule has 5 heteroatoms. The second kappa shape index (κ2) is 5.30. The van der Waals surface area contributed by atoms with E-state index in [1.807, 2.05) is 7.05 Å². The Labute approximate surface area is 95.9 Å². The van der Waals surface area contributed by atoms with Crippen LogP contribution in [0.25, 0.3) is 0 Å². The van der Waals surface area contributed by atoms with Gasteiger partial charge in [-0.25, -0.2) is 4.79 Å². The summed E-state index contributed by atoms with van der Waals surface area (Å²) in [5.74, 6) is -0.623. The highest BCUT2D eigenvalue weighted by molar-refractivity contribution is 5.81. The van der Waals surface area contributed by atoms with Gasteiger partial charge in [0.2, 0.25) is 0 Å². The average molecular weight is 230 g/mol. The largest absolute Gasteiger partial charge is 0.466 e. The van der Waals surface area contributed by atoms with Crippen molar-refractivity contribution in [2.24, 2.45) is 0 Å². The number of carbonyl (C=O) groups excluding carboxylic acids is 2. The minimum Gasteiger partial charge on any atom is -0.466 e. The lowest BCUT2D eigenvalue weighted by atomic mass is 10.2. The number of likely N-dealkylation sites (N-methyl/N-ethyl adjacent to an activating group) is 1. The van der Waals surface area contributed by atoms with Crippen molar-refractivity contribution in [1.82, 2.24) is 0 Å². The van der Waals surface area contributed by atoms with Crippen molar-refractivity contribution in [3.8, 4) is 0 Å². The topological polar surface area (TPSA) is 52.6 Å². The first-order valence-corrected chi connectivity index (χ1v) is 5.70. The van der Waals surface area contributed by atoms with E-state index in [0.29, 0.717) is 17.7 Å². The lowest BCUT2D eigenvalue weighted by Gasteiger charge is -2.22. The van der Waals surface area contributed by atoms with Crippen LogP contribution in [0.15, 0.2) is 0 Å². The molecule has 0 bridgehead atoms. The van der Waals surface area contributed by atoms with Crippen LogP contribution in [0.5, 0.6) is 0 Å². The number of nitrogens with zero attached hydrogens (tertiary/aromatic N) is 1. The molecule has 0 radical (unpaired) electrons. The van der Waals surface area contributed by atoms with E-state index in [-0.39, 0.29) is 18.4 Å². The maximum Gasteiger partial charge on any atom is 0.365 e. The van der Waals surface area contributed by atoms with Crippen LogP contribution in [0, 0.1) is 0 Å². The molecule has 0 aromatic heterocycles. The first kappa shape index (κ1) is 13.0. The third-order valence-corrected chi connectivity index (χ3v) is 2.91. The summed E-state index contributed by atoms with van der Waals surface area (Å²) >= 11 is 0. The number of hydrogen-bond acceptors (Lipinski definition) is 4. The molecule has 0 saturated carbocycles.